The van der Waals surface area contributed by atoms with Crippen molar-refractivity contribution in [2.24, 2.45) is 5.92 Å². The molecule has 27 heavy (non-hydrogen) atoms. The average molecular weight is 380 g/mol. The topological polar surface area (TPSA) is 64.3 Å². The molecule has 146 valence electrons. The molecule has 0 radical (unpaired) electrons. The summed E-state index contributed by atoms with van der Waals surface area (Å²) in [4.78, 5) is 14.9. The number of benzene rings is 1. The van der Waals surface area contributed by atoms with Gasteiger partial charge in [0.15, 0.2) is 5.60 Å². The minimum Gasteiger partial charge on any atom is -0.376 e. The van der Waals surface area contributed by atoms with Gasteiger partial charge in [-0.05, 0) is 63.1 Å². The molecule has 2 saturated carbocycles. The number of aliphatic hydroxyl groups is 1. The van der Waals surface area contributed by atoms with Crippen LogP contribution in [0.2, 0.25) is 0 Å². The van der Waals surface area contributed by atoms with Crippen LogP contribution in [0.4, 0.5) is 13.2 Å². The second-order valence-corrected chi connectivity index (χ2v) is 7.73. The zero-order valence-corrected chi connectivity index (χ0v) is 15.2. The number of hydrogen-bond acceptors (Lipinski definition) is 3. The summed E-state index contributed by atoms with van der Waals surface area (Å²) in [6, 6.07) is 7.58. The van der Waals surface area contributed by atoms with Gasteiger partial charge in [0.1, 0.15) is 0 Å². The minimum absolute atomic E-state index is 0.0429. The quantitative estimate of drug-likeness (QED) is 0.854. The van der Waals surface area contributed by atoms with Gasteiger partial charge in [0.05, 0.1) is 6.07 Å². The molecule has 2 aliphatic rings. The summed E-state index contributed by atoms with van der Waals surface area (Å²) < 4.78 is 38.9. The lowest BCUT2D eigenvalue weighted by atomic mass is 9.86. The van der Waals surface area contributed by atoms with Crippen LogP contribution in [0, 0.1) is 17.2 Å². The van der Waals surface area contributed by atoms with Crippen molar-refractivity contribution in [1.29, 1.82) is 5.26 Å². The number of halogens is 3. The van der Waals surface area contributed by atoms with Crippen LogP contribution >= 0.6 is 0 Å². The highest BCUT2D eigenvalue weighted by atomic mass is 19.4. The number of nitrogens with zero attached hydrogens (tertiary/aromatic N) is 2. The SMILES string of the molecule is C[C@](O)(c1ccc(C(=O)N(C2CC2)[C@H]2CC[C@@H](C#N)CC2)cc1)C(F)(F)F. The Balaban J connectivity index is 1.77. The maximum Gasteiger partial charge on any atom is 0.421 e. The van der Waals surface area contributed by atoms with E-state index < -0.39 is 11.8 Å². The molecule has 3 rings (SSSR count). The Morgan fingerprint density at radius 3 is 1.96 bits per heavy atom. The molecule has 7 heteroatoms. The van der Waals surface area contributed by atoms with Crippen LogP contribution in [0.25, 0.3) is 0 Å². The van der Waals surface area contributed by atoms with Gasteiger partial charge >= 0.3 is 6.18 Å². The van der Waals surface area contributed by atoms with Crippen molar-refractivity contribution in [2.45, 2.75) is 69.3 Å². The number of hydrogen-bond donors (Lipinski definition) is 1. The van der Waals surface area contributed by atoms with Gasteiger partial charge in [0.25, 0.3) is 5.91 Å². The van der Waals surface area contributed by atoms with Gasteiger partial charge in [0, 0.05) is 23.6 Å². The summed E-state index contributed by atoms with van der Waals surface area (Å²) >= 11 is 0. The van der Waals surface area contributed by atoms with Crippen molar-refractivity contribution in [2.75, 3.05) is 0 Å². The van der Waals surface area contributed by atoms with Crippen molar-refractivity contribution >= 4 is 5.91 Å². The summed E-state index contributed by atoms with van der Waals surface area (Å²) in [6.07, 6.45) is 0.173. The predicted molar refractivity (Wildman–Crippen MR) is 92.6 cm³/mol. The molecule has 0 spiro atoms. The van der Waals surface area contributed by atoms with E-state index in [1.807, 2.05) is 4.90 Å². The van der Waals surface area contributed by atoms with Gasteiger partial charge in [-0.1, -0.05) is 12.1 Å². The van der Waals surface area contributed by atoms with Crippen LogP contribution < -0.4 is 0 Å². The van der Waals surface area contributed by atoms with E-state index in [0.29, 0.717) is 12.5 Å². The van der Waals surface area contributed by atoms with Crippen molar-refractivity contribution in [3.8, 4) is 6.07 Å². The monoisotopic (exact) mass is 380 g/mol. The van der Waals surface area contributed by atoms with E-state index in [9.17, 15) is 23.1 Å². The van der Waals surface area contributed by atoms with Crippen LogP contribution in [0.3, 0.4) is 0 Å². The number of nitriles is 1. The van der Waals surface area contributed by atoms with Crippen LogP contribution in [0.5, 0.6) is 0 Å². The van der Waals surface area contributed by atoms with Crippen LogP contribution in [-0.4, -0.2) is 34.2 Å². The van der Waals surface area contributed by atoms with E-state index in [4.69, 9.17) is 5.26 Å². The first kappa shape index (κ1) is 19.7. The second kappa shape index (κ2) is 7.16. The fraction of sp³-hybridized carbons (Fsp3) is 0.600. The maximum absolute atomic E-state index is 13.0. The number of rotatable bonds is 4. The highest BCUT2D eigenvalue weighted by molar-refractivity contribution is 5.95. The Morgan fingerprint density at radius 2 is 1.56 bits per heavy atom. The van der Waals surface area contributed by atoms with Crippen molar-refractivity contribution in [3.63, 3.8) is 0 Å². The first-order valence-electron chi connectivity index (χ1n) is 9.27. The van der Waals surface area contributed by atoms with Gasteiger partial charge in [0.2, 0.25) is 0 Å². The first-order valence-corrected chi connectivity index (χ1v) is 9.27. The van der Waals surface area contributed by atoms with Crippen molar-refractivity contribution < 1.29 is 23.1 Å². The van der Waals surface area contributed by atoms with Crippen molar-refractivity contribution in [1.82, 2.24) is 4.90 Å². The Morgan fingerprint density at radius 1 is 1.07 bits per heavy atom. The normalized spacial score (nSPS) is 25.3. The molecule has 0 unspecified atom stereocenters. The Kier molecular flexibility index (Phi) is 5.22. The Hall–Kier alpha value is -2.07. The van der Waals surface area contributed by atoms with Gasteiger partial charge in [-0.15, -0.1) is 0 Å². The molecule has 4 nitrogen and oxygen atoms in total. The largest absolute Gasteiger partial charge is 0.421 e. The van der Waals surface area contributed by atoms with Gasteiger partial charge in [-0.2, -0.15) is 18.4 Å². The van der Waals surface area contributed by atoms with Crippen LogP contribution in [0.1, 0.15) is 61.4 Å². The number of carbonyl (C=O) groups excluding carboxylic acids is 1. The minimum atomic E-state index is -4.79. The molecule has 0 aliphatic heterocycles. The predicted octanol–water partition coefficient (Wildman–Crippen LogP) is 4.14. The highest BCUT2D eigenvalue weighted by Gasteiger charge is 2.51. The molecular weight excluding hydrogens is 357 g/mol. The molecule has 0 saturated heterocycles. The zero-order chi connectivity index (χ0) is 19.8. The molecular formula is C20H23F3N2O2. The second-order valence-electron chi connectivity index (χ2n) is 7.73. The summed E-state index contributed by atoms with van der Waals surface area (Å²) in [5, 5.41) is 18.8. The average Bonchev–Trinajstić information content (AvgIpc) is 3.46. The third-order valence-electron chi connectivity index (χ3n) is 5.69. The zero-order valence-electron chi connectivity index (χ0n) is 15.2. The van der Waals surface area contributed by atoms with E-state index in [2.05, 4.69) is 6.07 Å². The molecule has 1 aromatic carbocycles. The molecule has 2 fully saturated rings. The maximum atomic E-state index is 13.0. The first-order chi connectivity index (χ1) is 12.6. The molecule has 1 amide bonds. The van der Waals surface area contributed by atoms with E-state index >= 15 is 0 Å². The molecule has 0 heterocycles. The van der Waals surface area contributed by atoms with Gasteiger partial charge in [-0.25, -0.2) is 0 Å². The van der Waals surface area contributed by atoms with Gasteiger partial charge in [-0.3, -0.25) is 4.79 Å². The molecule has 1 atom stereocenters. The lowest BCUT2D eigenvalue weighted by Gasteiger charge is -2.36. The standard InChI is InChI=1S/C20H23F3N2O2/c1-19(27,20(21,22)23)15-6-4-14(5-7-15)18(26)25(17-10-11-17)16-8-2-13(12-24)3-9-16/h4-7,13,16-17,27H,2-3,8-11H2,1H3/t13-,16+,19-/m0/s1. The smallest absolute Gasteiger partial charge is 0.376 e. The van der Waals surface area contributed by atoms with Crippen LogP contribution in [0.15, 0.2) is 24.3 Å². The third kappa shape index (κ3) is 3.96. The summed E-state index contributed by atoms with van der Waals surface area (Å²) in [7, 11) is 0. The number of alkyl halides is 3. The Labute approximate surface area is 156 Å². The summed E-state index contributed by atoms with van der Waals surface area (Å²) in [5.41, 5.74) is -2.93. The van der Waals surface area contributed by atoms with E-state index in [1.54, 1.807) is 0 Å². The summed E-state index contributed by atoms with van der Waals surface area (Å²) in [5.74, 6) is -0.141. The molecule has 0 bridgehead atoms. The molecule has 0 aromatic heterocycles. The van der Waals surface area contributed by atoms with E-state index in [0.717, 1.165) is 38.5 Å². The summed E-state index contributed by atoms with van der Waals surface area (Å²) in [6.45, 7) is 0.702. The van der Waals surface area contributed by atoms with E-state index in [1.165, 1.54) is 24.3 Å². The van der Waals surface area contributed by atoms with E-state index in [-0.39, 0.29) is 29.5 Å². The van der Waals surface area contributed by atoms with Crippen LogP contribution in [-0.2, 0) is 5.60 Å². The lowest BCUT2D eigenvalue weighted by molar-refractivity contribution is -0.258. The fourth-order valence-electron chi connectivity index (χ4n) is 3.72. The molecule has 1 aromatic rings. The molecule has 2 aliphatic carbocycles. The highest BCUT2D eigenvalue weighted by Crippen LogP contribution is 2.39. The third-order valence-corrected chi connectivity index (χ3v) is 5.69. The van der Waals surface area contributed by atoms with Gasteiger partial charge < -0.3 is 10.0 Å². The molecule has 1 N–H and O–H groups in total. The number of carbonyl (C=O) groups is 1. The number of amides is 1. The fourth-order valence-corrected chi connectivity index (χ4v) is 3.72. The Bertz CT molecular complexity index is 725. The lowest BCUT2D eigenvalue weighted by Crippen LogP contribution is -2.44. The van der Waals surface area contributed by atoms with Crippen molar-refractivity contribution in [3.05, 3.63) is 35.4 Å².